The predicted octanol–water partition coefficient (Wildman–Crippen LogP) is 2.31. The second-order valence-electron chi connectivity index (χ2n) is 5.06. The van der Waals surface area contributed by atoms with E-state index in [0.29, 0.717) is 5.56 Å². The summed E-state index contributed by atoms with van der Waals surface area (Å²) < 4.78 is 0. The third kappa shape index (κ3) is 3.02. The second kappa shape index (κ2) is 5.27. The van der Waals surface area contributed by atoms with Crippen molar-refractivity contribution in [1.82, 2.24) is 14.8 Å². The van der Waals surface area contributed by atoms with Crippen LogP contribution in [0, 0.1) is 0 Å². The van der Waals surface area contributed by atoms with E-state index in [2.05, 4.69) is 9.88 Å². The van der Waals surface area contributed by atoms with Crippen molar-refractivity contribution in [2.24, 2.45) is 0 Å². The minimum Gasteiger partial charge on any atom is -0.336 e. The average Bonchev–Trinajstić information content (AvgIpc) is 3.21. The lowest BCUT2D eigenvalue weighted by Crippen LogP contribution is -2.49. The first-order valence-corrected chi connectivity index (χ1v) is 7.25. The van der Waals surface area contributed by atoms with Gasteiger partial charge in [0, 0.05) is 37.8 Å². The van der Waals surface area contributed by atoms with Crippen LogP contribution in [0.3, 0.4) is 0 Å². The van der Waals surface area contributed by atoms with E-state index in [9.17, 15) is 4.79 Å². The lowest BCUT2D eigenvalue weighted by atomic mass is 10.2. The number of piperazine rings is 1. The molecule has 0 spiro atoms. The van der Waals surface area contributed by atoms with Crippen LogP contribution >= 0.6 is 23.2 Å². The van der Waals surface area contributed by atoms with Crippen molar-refractivity contribution in [1.29, 1.82) is 0 Å². The zero-order valence-corrected chi connectivity index (χ0v) is 12.0. The normalized spacial score (nSPS) is 20.6. The average molecular weight is 300 g/mol. The van der Waals surface area contributed by atoms with Gasteiger partial charge in [-0.3, -0.25) is 9.69 Å². The smallest absolute Gasteiger partial charge is 0.254 e. The number of pyridine rings is 1. The molecule has 1 saturated carbocycles. The first kappa shape index (κ1) is 13.2. The van der Waals surface area contributed by atoms with Crippen molar-refractivity contribution < 1.29 is 4.79 Å². The summed E-state index contributed by atoms with van der Waals surface area (Å²) in [6, 6.07) is 3.91. The summed E-state index contributed by atoms with van der Waals surface area (Å²) in [5.41, 5.74) is 0.518. The van der Waals surface area contributed by atoms with E-state index in [1.54, 1.807) is 12.1 Å². The van der Waals surface area contributed by atoms with Crippen LogP contribution in [0.2, 0.25) is 10.3 Å². The molecular formula is C13H15Cl2N3O. The Morgan fingerprint density at radius 3 is 2.21 bits per heavy atom. The van der Waals surface area contributed by atoms with E-state index in [1.165, 1.54) is 12.8 Å². The quantitative estimate of drug-likeness (QED) is 0.786. The van der Waals surface area contributed by atoms with E-state index in [1.807, 2.05) is 4.90 Å². The van der Waals surface area contributed by atoms with E-state index in [-0.39, 0.29) is 16.2 Å². The molecule has 0 radical (unpaired) electrons. The van der Waals surface area contributed by atoms with Crippen LogP contribution in [0.1, 0.15) is 23.2 Å². The summed E-state index contributed by atoms with van der Waals surface area (Å²) in [6.07, 6.45) is 2.62. The first-order valence-electron chi connectivity index (χ1n) is 6.50. The maximum absolute atomic E-state index is 12.4. The van der Waals surface area contributed by atoms with Crippen LogP contribution in [0.25, 0.3) is 0 Å². The van der Waals surface area contributed by atoms with Crippen LogP contribution in [0.4, 0.5) is 0 Å². The highest BCUT2D eigenvalue weighted by Crippen LogP contribution is 2.27. The van der Waals surface area contributed by atoms with Gasteiger partial charge in [0.1, 0.15) is 10.3 Å². The van der Waals surface area contributed by atoms with E-state index in [4.69, 9.17) is 23.2 Å². The van der Waals surface area contributed by atoms with Crippen molar-refractivity contribution in [2.45, 2.75) is 18.9 Å². The van der Waals surface area contributed by atoms with Crippen molar-refractivity contribution in [3.63, 3.8) is 0 Å². The minimum absolute atomic E-state index is 0.0124. The highest BCUT2D eigenvalue weighted by molar-refractivity contribution is 6.33. The zero-order valence-electron chi connectivity index (χ0n) is 10.5. The maximum Gasteiger partial charge on any atom is 0.254 e. The van der Waals surface area contributed by atoms with Crippen LogP contribution in [0.5, 0.6) is 0 Å². The largest absolute Gasteiger partial charge is 0.336 e. The van der Waals surface area contributed by atoms with Crippen molar-refractivity contribution in [3.8, 4) is 0 Å². The molecule has 0 N–H and O–H groups in total. The Balaban J connectivity index is 1.67. The molecule has 0 atom stereocenters. The first-order chi connectivity index (χ1) is 9.13. The summed E-state index contributed by atoms with van der Waals surface area (Å²) in [4.78, 5) is 20.5. The van der Waals surface area contributed by atoms with Gasteiger partial charge in [0.05, 0.1) is 0 Å². The molecule has 0 unspecified atom stereocenters. The lowest BCUT2D eigenvalue weighted by Gasteiger charge is -2.34. The number of hydrogen-bond donors (Lipinski definition) is 0. The number of carbonyl (C=O) groups excluding carboxylic acids is 1. The summed E-state index contributed by atoms with van der Waals surface area (Å²) in [5.74, 6) is -0.0124. The monoisotopic (exact) mass is 299 g/mol. The fraction of sp³-hybridized carbons (Fsp3) is 0.538. The molecule has 0 aromatic carbocycles. The van der Waals surface area contributed by atoms with Crippen LogP contribution in [0.15, 0.2) is 12.1 Å². The predicted molar refractivity (Wildman–Crippen MR) is 74.8 cm³/mol. The van der Waals surface area contributed by atoms with E-state index in [0.717, 1.165) is 32.2 Å². The molecule has 1 amide bonds. The fourth-order valence-corrected chi connectivity index (χ4v) is 2.96. The highest BCUT2D eigenvalue weighted by Gasteiger charge is 2.32. The van der Waals surface area contributed by atoms with Gasteiger partial charge < -0.3 is 4.90 Å². The van der Waals surface area contributed by atoms with Gasteiger partial charge in [-0.05, 0) is 25.0 Å². The van der Waals surface area contributed by atoms with Crippen LogP contribution in [-0.4, -0.2) is 52.9 Å². The molecule has 1 aromatic heterocycles. The Morgan fingerprint density at radius 1 is 1.11 bits per heavy atom. The SMILES string of the molecule is O=C(c1cc(Cl)nc(Cl)c1)N1CCN(C2CC2)CC1. The molecule has 2 aliphatic rings. The number of hydrogen-bond acceptors (Lipinski definition) is 3. The summed E-state index contributed by atoms with van der Waals surface area (Å²) in [6.45, 7) is 3.46. The second-order valence-corrected chi connectivity index (χ2v) is 5.84. The molecule has 2 fully saturated rings. The van der Waals surface area contributed by atoms with Gasteiger partial charge in [-0.15, -0.1) is 0 Å². The Morgan fingerprint density at radius 2 is 1.68 bits per heavy atom. The number of amides is 1. The standard InChI is InChI=1S/C13H15Cl2N3O/c14-11-7-9(8-12(15)16-11)13(19)18-5-3-17(4-6-18)10-1-2-10/h7-8,10H,1-6H2. The number of rotatable bonds is 2. The Hall–Kier alpha value is -0.840. The topological polar surface area (TPSA) is 36.4 Å². The summed E-state index contributed by atoms with van der Waals surface area (Å²) in [7, 11) is 0. The van der Waals surface area contributed by atoms with Gasteiger partial charge in [-0.1, -0.05) is 23.2 Å². The van der Waals surface area contributed by atoms with Crippen LogP contribution < -0.4 is 0 Å². The fourth-order valence-electron chi connectivity index (χ4n) is 2.50. The van der Waals surface area contributed by atoms with Gasteiger partial charge in [0.15, 0.2) is 0 Å². The lowest BCUT2D eigenvalue weighted by molar-refractivity contribution is 0.0627. The number of halogens is 2. The highest BCUT2D eigenvalue weighted by atomic mass is 35.5. The van der Waals surface area contributed by atoms with Gasteiger partial charge in [-0.2, -0.15) is 0 Å². The van der Waals surface area contributed by atoms with Gasteiger partial charge in [0.2, 0.25) is 0 Å². The van der Waals surface area contributed by atoms with Gasteiger partial charge in [-0.25, -0.2) is 4.98 Å². The number of aromatic nitrogens is 1. The van der Waals surface area contributed by atoms with Crippen LogP contribution in [-0.2, 0) is 0 Å². The molecule has 6 heteroatoms. The molecule has 102 valence electrons. The van der Waals surface area contributed by atoms with Crippen molar-refractivity contribution in [3.05, 3.63) is 28.0 Å². The summed E-state index contributed by atoms with van der Waals surface area (Å²) in [5, 5.41) is 0.514. The minimum atomic E-state index is -0.0124. The molecule has 1 aliphatic carbocycles. The Bertz CT molecular complexity index is 476. The van der Waals surface area contributed by atoms with Crippen molar-refractivity contribution >= 4 is 29.1 Å². The molecule has 1 saturated heterocycles. The maximum atomic E-state index is 12.4. The number of nitrogens with zero attached hydrogens (tertiary/aromatic N) is 3. The van der Waals surface area contributed by atoms with Gasteiger partial charge in [0.25, 0.3) is 5.91 Å². The van der Waals surface area contributed by atoms with Crippen molar-refractivity contribution in [2.75, 3.05) is 26.2 Å². The molecule has 0 bridgehead atoms. The van der Waals surface area contributed by atoms with E-state index < -0.39 is 0 Å². The molecule has 3 rings (SSSR count). The van der Waals surface area contributed by atoms with Gasteiger partial charge >= 0.3 is 0 Å². The molecule has 1 aromatic rings. The Kier molecular flexibility index (Phi) is 3.65. The third-order valence-corrected chi connectivity index (χ3v) is 4.06. The molecule has 4 nitrogen and oxygen atoms in total. The Labute approximate surface area is 122 Å². The molecular weight excluding hydrogens is 285 g/mol. The summed E-state index contributed by atoms with van der Waals surface area (Å²) >= 11 is 11.7. The zero-order chi connectivity index (χ0) is 13.4. The number of carbonyl (C=O) groups is 1. The van der Waals surface area contributed by atoms with E-state index >= 15 is 0 Å². The molecule has 2 heterocycles. The molecule has 1 aliphatic heterocycles. The third-order valence-electron chi connectivity index (χ3n) is 3.67. The molecule has 19 heavy (non-hydrogen) atoms.